The van der Waals surface area contributed by atoms with Crippen LogP contribution in [0.3, 0.4) is 0 Å². The summed E-state index contributed by atoms with van der Waals surface area (Å²) in [6.07, 6.45) is 4.82. The summed E-state index contributed by atoms with van der Waals surface area (Å²) in [7, 11) is 2.87. The molecule has 0 unspecified atom stereocenters. The fourth-order valence-corrected chi connectivity index (χ4v) is 3.89. The first-order valence-electron chi connectivity index (χ1n) is 8.67. The maximum atomic E-state index is 12.5. The number of nitrogens with zero attached hydrogens (tertiary/aromatic N) is 5. The quantitative estimate of drug-likeness (QED) is 0.756. The fourth-order valence-electron chi connectivity index (χ4n) is 3.89. The van der Waals surface area contributed by atoms with Crippen molar-refractivity contribution in [2.75, 3.05) is 31.1 Å². The molecule has 1 aliphatic carbocycles. The molecule has 1 amide bonds. The van der Waals surface area contributed by atoms with Crippen LogP contribution < -0.4 is 16.1 Å². The number of hydrogen-bond acceptors (Lipinski definition) is 5. The van der Waals surface area contributed by atoms with E-state index in [1.165, 1.54) is 44.3 Å². The van der Waals surface area contributed by atoms with Gasteiger partial charge < -0.3 is 9.80 Å². The highest BCUT2D eigenvalue weighted by Gasteiger charge is 2.30. The van der Waals surface area contributed by atoms with Crippen molar-refractivity contribution < 1.29 is 4.79 Å². The third-order valence-electron chi connectivity index (χ3n) is 5.32. The number of hydrogen-bond donors (Lipinski definition) is 0. The Morgan fingerprint density at radius 1 is 1.08 bits per heavy atom. The molecule has 1 saturated carbocycles. The average Bonchev–Trinajstić information content (AvgIpc) is 3.11. The standard InChI is InChI=1S/C17H23N5O3/c1-19-15(13(9-18)16(24)20(2)17(19)25)22-8-7-21(14(23)11-22)10-12-5-3-4-6-12/h12H,3-8,10-11H2,1-2H3. The maximum absolute atomic E-state index is 12.5. The Hall–Kier alpha value is -2.56. The van der Waals surface area contributed by atoms with Gasteiger partial charge in [-0.1, -0.05) is 12.8 Å². The van der Waals surface area contributed by atoms with Gasteiger partial charge >= 0.3 is 5.69 Å². The predicted octanol–water partition coefficient (Wildman–Crippen LogP) is -0.206. The van der Waals surface area contributed by atoms with Gasteiger partial charge in [-0.05, 0) is 18.8 Å². The minimum absolute atomic E-state index is 0.0184. The number of piperazine rings is 1. The van der Waals surface area contributed by atoms with Gasteiger partial charge in [0, 0.05) is 33.7 Å². The van der Waals surface area contributed by atoms with Crippen LogP contribution in [0, 0.1) is 17.2 Å². The van der Waals surface area contributed by atoms with Crippen LogP contribution in [0.25, 0.3) is 0 Å². The molecule has 8 heteroatoms. The van der Waals surface area contributed by atoms with E-state index in [0.717, 1.165) is 11.1 Å². The Balaban J connectivity index is 1.85. The first-order chi connectivity index (χ1) is 11.9. The Bertz CT molecular complexity index is 842. The molecule has 0 spiro atoms. The molecular weight excluding hydrogens is 322 g/mol. The lowest BCUT2D eigenvalue weighted by atomic mass is 10.1. The fraction of sp³-hybridized carbons (Fsp3) is 0.647. The molecule has 1 aliphatic heterocycles. The number of carbonyl (C=O) groups excluding carboxylic acids is 1. The molecular formula is C17H23N5O3. The topological polar surface area (TPSA) is 91.3 Å². The molecule has 25 heavy (non-hydrogen) atoms. The van der Waals surface area contributed by atoms with E-state index in [2.05, 4.69) is 0 Å². The van der Waals surface area contributed by atoms with Gasteiger partial charge in [-0.25, -0.2) is 4.79 Å². The molecule has 8 nitrogen and oxygen atoms in total. The van der Waals surface area contributed by atoms with Crippen LogP contribution in [0.5, 0.6) is 0 Å². The van der Waals surface area contributed by atoms with E-state index < -0.39 is 11.2 Å². The summed E-state index contributed by atoms with van der Waals surface area (Å²) < 4.78 is 2.19. The normalized spacial score (nSPS) is 18.7. The summed E-state index contributed by atoms with van der Waals surface area (Å²) in [5, 5.41) is 9.38. The summed E-state index contributed by atoms with van der Waals surface area (Å²) >= 11 is 0. The molecule has 0 N–H and O–H groups in total. The van der Waals surface area contributed by atoms with Gasteiger partial charge in [0.2, 0.25) is 5.91 Å². The van der Waals surface area contributed by atoms with Crippen molar-refractivity contribution in [3.05, 3.63) is 26.4 Å². The van der Waals surface area contributed by atoms with Crippen molar-refractivity contribution >= 4 is 11.7 Å². The second-order valence-electron chi connectivity index (χ2n) is 6.93. The van der Waals surface area contributed by atoms with Crippen molar-refractivity contribution in [2.24, 2.45) is 20.0 Å². The molecule has 2 fully saturated rings. The lowest BCUT2D eigenvalue weighted by Crippen LogP contribution is -2.53. The molecule has 1 aromatic heterocycles. The third kappa shape index (κ3) is 3.06. The van der Waals surface area contributed by atoms with Crippen molar-refractivity contribution in [1.82, 2.24) is 14.0 Å². The minimum atomic E-state index is -0.624. The van der Waals surface area contributed by atoms with E-state index in [-0.39, 0.29) is 23.8 Å². The number of nitriles is 1. The van der Waals surface area contributed by atoms with Crippen LogP contribution in [0.4, 0.5) is 5.82 Å². The van der Waals surface area contributed by atoms with E-state index in [1.54, 1.807) is 4.90 Å². The minimum Gasteiger partial charge on any atom is -0.346 e. The molecule has 0 radical (unpaired) electrons. The molecule has 134 valence electrons. The molecule has 1 aromatic rings. The zero-order valence-electron chi connectivity index (χ0n) is 14.7. The predicted molar refractivity (Wildman–Crippen MR) is 92.4 cm³/mol. The van der Waals surface area contributed by atoms with E-state index in [1.807, 2.05) is 11.0 Å². The van der Waals surface area contributed by atoms with Crippen LogP contribution in [0.1, 0.15) is 31.2 Å². The summed E-state index contributed by atoms with van der Waals surface area (Å²) in [4.78, 5) is 40.5. The van der Waals surface area contributed by atoms with Crippen molar-refractivity contribution in [2.45, 2.75) is 25.7 Å². The van der Waals surface area contributed by atoms with Crippen LogP contribution in [-0.4, -0.2) is 46.1 Å². The summed E-state index contributed by atoms with van der Waals surface area (Å²) in [6, 6.07) is 1.90. The van der Waals surface area contributed by atoms with Gasteiger partial charge in [0.05, 0.1) is 6.54 Å². The number of anilines is 1. The Morgan fingerprint density at radius 3 is 2.36 bits per heavy atom. The second-order valence-corrected chi connectivity index (χ2v) is 6.93. The lowest BCUT2D eigenvalue weighted by molar-refractivity contribution is -0.131. The highest BCUT2D eigenvalue weighted by molar-refractivity contribution is 5.83. The van der Waals surface area contributed by atoms with Crippen molar-refractivity contribution in [3.8, 4) is 6.07 Å². The van der Waals surface area contributed by atoms with Gasteiger partial charge in [-0.15, -0.1) is 0 Å². The van der Waals surface area contributed by atoms with Crippen LogP contribution >= 0.6 is 0 Å². The van der Waals surface area contributed by atoms with E-state index in [9.17, 15) is 19.6 Å². The average molecular weight is 345 g/mol. The Morgan fingerprint density at radius 2 is 1.76 bits per heavy atom. The Labute approximate surface area is 145 Å². The molecule has 0 bridgehead atoms. The van der Waals surface area contributed by atoms with E-state index in [0.29, 0.717) is 19.0 Å². The maximum Gasteiger partial charge on any atom is 0.332 e. The number of carbonyl (C=O) groups is 1. The first-order valence-corrected chi connectivity index (χ1v) is 8.67. The van der Waals surface area contributed by atoms with E-state index in [4.69, 9.17) is 0 Å². The largest absolute Gasteiger partial charge is 0.346 e. The number of amides is 1. The smallest absolute Gasteiger partial charge is 0.332 e. The van der Waals surface area contributed by atoms with Crippen molar-refractivity contribution in [3.63, 3.8) is 0 Å². The monoisotopic (exact) mass is 345 g/mol. The second kappa shape index (κ2) is 6.75. The van der Waals surface area contributed by atoms with Crippen LogP contribution in [-0.2, 0) is 18.9 Å². The summed E-state index contributed by atoms with van der Waals surface area (Å²) in [6.45, 7) is 1.92. The zero-order chi connectivity index (χ0) is 18.1. The van der Waals surface area contributed by atoms with Gasteiger partial charge in [0.15, 0.2) is 5.56 Å². The zero-order valence-corrected chi connectivity index (χ0v) is 14.7. The number of aromatic nitrogens is 2. The number of rotatable bonds is 3. The van der Waals surface area contributed by atoms with Gasteiger partial charge in [0.1, 0.15) is 11.9 Å². The van der Waals surface area contributed by atoms with Crippen LogP contribution in [0.2, 0.25) is 0 Å². The van der Waals surface area contributed by atoms with Gasteiger partial charge in [-0.2, -0.15) is 5.26 Å². The van der Waals surface area contributed by atoms with Gasteiger partial charge in [0.25, 0.3) is 5.56 Å². The third-order valence-corrected chi connectivity index (χ3v) is 5.32. The van der Waals surface area contributed by atoms with Crippen molar-refractivity contribution in [1.29, 1.82) is 5.26 Å². The Kier molecular flexibility index (Phi) is 4.66. The molecule has 2 heterocycles. The highest BCUT2D eigenvalue weighted by Crippen LogP contribution is 2.26. The molecule has 2 aliphatic rings. The first kappa shape index (κ1) is 17.3. The molecule has 0 aromatic carbocycles. The molecule has 3 rings (SSSR count). The highest BCUT2D eigenvalue weighted by atomic mass is 16.2. The molecule has 1 saturated heterocycles. The van der Waals surface area contributed by atoms with Gasteiger partial charge in [-0.3, -0.25) is 18.7 Å². The lowest BCUT2D eigenvalue weighted by Gasteiger charge is -2.37. The molecule has 0 atom stereocenters. The summed E-state index contributed by atoms with van der Waals surface area (Å²) in [5.74, 6) is 0.804. The summed E-state index contributed by atoms with van der Waals surface area (Å²) in [5.41, 5.74) is -1.22. The van der Waals surface area contributed by atoms with Crippen LogP contribution in [0.15, 0.2) is 9.59 Å². The SMILES string of the molecule is Cn1c(N2CCN(CC3CCCC3)C(=O)C2)c(C#N)c(=O)n(C)c1=O. The van der Waals surface area contributed by atoms with E-state index >= 15 is 0 Å².